The van der Waals surface area contributed by atoms with E-state index >= 15 is 0 Å². The summed E-state index contributed by atoms with van der Waals surface area (Å²) in [5.41, 5.74) is 2.69. The number of phenolic OH excluding ortho intramolecular Hbond substituents is 1. The van der Waals surface area contributed by atoms with Gasteiger partial charge in [0.1, 0.15) is 17.3 Å². The van der Waals surface area contributed by atoms with Gasteiger partial charge in [0.15, 0.2) is 0 Å². The van der Waals surface area contributed by atoms with Gasteiger partial charge in [0.25, 0.3) is 0 Å². The molecule has 0 atom stereocenters. The van der Waals surface area contributed by atoms with Crippen molar-refractivity contribution in [3.63, 3.8) is 0 Å². The van der Waals surface area contributed by atoms with E-state index in [4.69, 9.17) is 14.8 Å². The van der Waals surface area contributed by atoms with Crippen molar-refractivity contribution < 1.29 is 19.7 Å². The predicted octanol–water partition coefficient (Wildman–Crippen LogP) is 5.32. The molecule has 2 heterocycles. The average Bonchev–Trinajstić information content (AvgIpc) is 2.74. The Morgan fingerprint density at radius 3 is 2.29 bits per heavy atom. The molecule has 0 spiro atoms. The molecule has 0 aliphatic rings. The van der Waals surface area contributed by atoms with Crippen molar-refractivity contribution in [3.8, 4) is 28.5 Å². The van der Waals surface area contributed by atoms with Crippen LogP contribution in [-0.4, -0.2) is 31.1 Å². The molecular weight excluding hydrogens is 394 g/mol. The molecule has 0 unspecified atom stereocenters. The largest absolute Gasteiger partial charge is 0.508 e. The Balaban J connectivity index is 1.92. The summed E-state index contributed by atoms with van der Waals surface area (Å²) in [6.07, 6.45) is 3.53. The lowest BCUT2D eigenvalue weighted by molar-refractivity contribution is 0.0697. The summed E-state index contributed by atoms with van der Waals surface area (Å²) in [4.78, 5) is 24.5. The Morgan fingerprint density at radius 2 is 1.68 bits per heavy atom. The highest BCUT2D eigenvalue weighted by molar-refractivity contribution is 6.01. The molecule has 156 valence electrons. The molecule has 7 nitrogen and oxygen atoms in total. The van der Waals surface area contributed by atoms with E-state index in [0.717, 1.165) is 22.2 Å². The molecule has 0 aliphatic heterocycles. The lowest BCUT2D eigenvalue weighted by Crippen LogP contribution is -2.02. The molecule has 0 aliphatic carbocycles. The molecule has 2 aromatic heterocycles. The van der Waals surface area contributed by atoms with E-state index in [2.05, 4.69) is 9.97 Å². The lowest BCUT2D eigenvalue weighted by Gasteiger charge is -2.18. The Bertz CT molecular complexity index is 1270. The summed E-state index contributed by atoms with van der Waals surface area (Å²) in [6.45, 7) is 5.91. The Kier molecular flexibility index (Phi) is 5.25. The molecule has 4 rings (SSSR count). The molecule has 0 saturated heterocycles. The number of rotatable bonds is 5. The maximum absolute atomic E-state index is 11.1. The summed E-state index contributed by atoms with van der Waals surface area (Å²) in [7, 11) is 0. The number of aromatic hydroxyl groups is 1. The van der Waals surface area contributed by atoms with Crippen molar-refractivity contribution in [2.45, 2.75) is 26.7 Å². The molecule has 2 aromatic carbocycles. The van der Waals surface area contributed by atoms with Crippen LogP contribution in [0.15, 0.2) is 54.9 Å². The molecule has 0 radical (unpaired) electrons. The van der Waals surface area contributed by atoms with Gasteiger partial charge in [0, 0.05) is 28.9 Å². The third-order valence-electron chi connectivity index (χ3n) is 4.91. The van der Waals surface area contributed by atoms with Crippen LogP contribution in [0.5, 0.6) is 17.4 Å². The van der Waals surface area contributed by atoms with Crippen molar-refractivity contribution >= 4 is 16.7 Å². The summed E-state index contributed by atoms with van der Waals surface area (Å²) < 4.78 is 6.04. The van der Waals surface area contributed by atoms with Crippen molar-refractivity contribution in [3.05, 3.63) is 71.9 Å². The van der Waals surface area contributed by atoms with Gasteiger partial charge in [-0.05, 0) is 60.7 Å². The minimum Gasteiger partial charge on any atom is -0.508 e. The molecule has 7 heteroatoms. The highest BCUT2D eigenvalue weighted by Gasteiger charge is 2.20. The van der Waals surface area contributed by atoms with E-state index in [1.54, 1.807) is 36.7 Å². The second-order valence-corrected chi connectivity index (χ2v) is 7.51. The lowest BCUT2D eigenvalue weighted by atomic mass is 9.94. The van der Waals surface area contributed by atoms with Gasteiger partial charge in [0.05, 0.1) is 11.3 Å². The predicted molar refractivity (Wildman–Crippen MR) is 117 cm³/mol. The van der Waals surface area contributed by atoms with Gasteiger partial charge in [-0.15, -0.1) is 0 Å². The number of carboxylic acids is 1. The van der Waals surface area contributed by atoms with Crippen LogP contribution in [-0.2, 0) is 0 Å². The molecule has 0 saturated carbocycles. The zero-order valence-electron chi connectivity index (χ0n) is 17.3. The smallest absolute Gasteiger partial charge is 0.335 e. The van der Waals surface area contributed by atoms with Crippen LogP contribution in [0, 0.1) is 6.92 Å². The number of phenols is 1. The van der Waals surface area contributed by atoms with Crippen LogP contribution in [0.1, 0.15) is 41.6 Å². The Labute approximate surface area is 179 Å². The van der Waals surface area contributed by atoms with Crippen LogP contribution in [0.2, 0.25) is 0 Å². The van der Waals surface area contributed by atoms with Gasteiger partial charge in [-0.25, -0.2) is 19.7 Å². The highest BCUT2D eigenvalue weighted by Crippen LogP contribution is 2.40. The van der Waals surface area contributed by atoms with Crippen LogP contribution >= 0.6 is 0 Å². The van der Waals surface area contributed by atoms with E-state index in [-0.39, 0.29) is 17.2 Å². The maximum Gasteiger partial charge on any atom is 0.335 e. The first-order valence-corrected chi connectivity index (χ1v) is 9.80. The number of carbonyl (C=O) groups is 1. The number of aromatic nitrogens is 3. The molecule has 0 amide bonds. The number of pyridine rings is 1. The van der Waals surface area contributed by atoms with E-state index < -0.39 is 5.97 Å². The number of hydrogen-bond acceptors (Lipinski definition) is 6. The number of fused-ring (bicyclic) bond motifs is 1. The number of carboxylic acid groups (broad SMARTS) is 1. The second-order valence-electron chi connectivity index (χ2n) is 7.51. The summed E-state index contributed by atoms with van der Waals surface area (Å²) in [6, 6.07) is 11.2. The summed E-state index contributed by atoms with van der Waals surface area (Å²) >= 11 is 0. The minimum absolute atomic E-state index is 0.0752. The standard InChI is InChI=1S/C24H21N3O4/c1-13(2)22-21(16-11-25-14(3)26-12-16)19-9-6-17(28)10-20(19)23(27-22)31-18-7-4-15(5-8-18)24(29)30/h4-13,28H,1-3H3,(H,29,30). The maximum atomic E-state index is 11.1. The molecular formula is C24H21N3O4. The second kappa shape index (κ2) is 8.02. The molecule has 0 fully saturated rings. The van der Waals surface area contributed by atoms with Gasteiger partial charge in [0.2, 0.25) is 5.88 Å². The highest BCUT2D eigenvalue weighted by atomic mass is 16.5. The quantitative estimate of drug-likeness (QED) is 0.454. The fourth-order valence-electron chi connectivity index (χ4n) is 3.39. The number of hydrogen-bond donors (Lipinski definition) is 2. The number of ether oxygens (including phenoxy) is 1. The Morgan fingerprint density at radius 1 is 1.00 bits per heavy atom. The van der Waals surface area contributed by atoms with Crippen molar-refractivity contribution in [1.82, 2.24) is 15.0 Å². The monoisotopic (exact) mass is 415 g/mol. The first-order valence-electron chi connectivity index (χ1n) is 9.80. The fraction of sp³-hybridized carbons (Fsp3) is 0.167. The number of nitrogens with zero attached hydrogens (tertiary/aromatic N) is 3. The van der Waals surface area contributed by atoms with E-state index in [1.165, 1.54) is 12.1 Å². The molecule has 4 aromatic rings. The van der Waals surface area contributed by atoms with Gasteiger partial charge in [-0.3, -0.25) is 0 Å². The number of aryl methyl sites for hydroxylation is 1. The van der Waals surface area contributed by atoms with Gasteiger partial charge in [-0.1, -0.05) is 13.8 Å². The van der Waals surface area contributed by atoms with Crippen molar-refractivity contribution in [2.24, 2.45) is 0 Å². The summed E-state index contributed by atoms with van der Waals surface area (Å²) in [5.74, 6) is 0.606. The summed E-state index contributed by atoms with van der Waals surface area (Å²) in [5, 5.41) is 20.7. The molecule has 2 N–H and O–H groups in total. The zero-order chi connectivity index (χ0) is 22.1. The van der Waals surface area contributed by atoms with Crippen LogP contribution in [0.3, 0.4) is 0 Å². The first-order chi connectivity index (χ1) is 14.8. The Hall–Kier alpha value is -4.00. The van der Waals surface area contributed by atoms with Crippen LogP contribution < -0.4 is 4.74 Å². The number of benzene rings is 2. The topological polar surface area (TPSA) is 105 Å². The molecule has 31 heavy (non-hydrogen) atoms. The van der Waals surface area contributed by atoms with Crippen molar-refractivity contribution in [1.29, 1.82) is 0 Å². The third kappa shape index (κ3) is 4.02. The molecule has 0 bridgehead atoms. The SMILES string of the molecule is Cc1ncc(-c2c(C(C)C)nc(Oc3ccc(C(=O)O)cc3)c3cc(O)ccc23)cn1. The van der Waals surface area contributed by atoms with E-state index in [0.29, 0.717) is 22.8 Å². The van der Waals surface area contributed by atoms with E-state index in [9.17, 15) is 9.90 Å². The first kappa shape index (κ1) is 20.3. The van der Waals surface area contributed by atoms with E-state index in [1.807, 2.05) is 26.8 Å². The normalized spacial score (nSPS) is 11.1. The zero-order valence-corrected chi connectivity index (χ0v) is 17.3. The van der Waals surface area contributed by atoms with Crippen LogP contribution in [0.25, 0.3) is 21.9 Å². The third-order valence-corrected chi connectivity index (χ3v) is 4.91. The fourth-order valence-corrected chi connectivity index (χ4v) is 3.39. The number of aromatic carboxylic acids is 1. The van der Waals surface area contributed by atoms with Crippen LogP contribution in [0.4, 0.5) is 0 Å². The van der Waals surface area contributed by atoms with Crippen molar-refractivity contribution in [2.75, 3.05) is 0 Å². The minimum atomic E-state index is -1.01. The van der Waals surface area contributed by atoms with Gasteiger partial charge >= 0.3 is 5.97 Å². The van der Waals surface area contributed by atoms with Gasteiger partial charge < -0.3 is 14.9 Å². The van der Waals surface area contributed by atoms with Gasteiger partial charge in [-0.2, -0.15) is 0 Å². The average molecular weight is 415 g/mol.